The van der Waals surface area contributed by atoms with Crippen LogP contribution in [-0.2, 0) is 10.2 Å². The van der Waals surface area contributed by atoms with Gasteiger partial charge in [-0.3, -0.25) is 4.79 Å². The number of hydrogen-bond donors (Lipinski definition) is 0. The lowest BCUT2D eigenvalue weighted by molar-refractivity contribution is -0.123. The van der Waals surface area contributed by atoms with E-state index in [9.17, 15) is 4.79 Å². The van der Waals surface area contributed by atoms with E-state index in [-0.39, 0.29) is 5.91 Å². The number of benzene rings is 1. The number of anilines is 1. The van der Waals surface area contributed by atoms with E-state index in [1.165, 1.54) is 0 Å². The zero-order valence-electron chi connectivity index (χ0n) is 12.6. The summed E-state index contributed by atoms with van der Waals surface area (Å²) >= 11 is 0. The van der Waals surface area contributed by atoms with Crippen LogP contribution >= 0.6 is 0 Å². The smallest absolute Gasteiger partial charge is 0.237 e. The molecule has 3 nitrogen and oxygen atoms in total. The average Bonchev–Trinajstić information content (AvgIpc) is 2.68. The molecule has 0 radical (unpaired) electrons. The molecule has 1 heterocycles. The van der Waals surface area contributed by atoms with Crippen LogP contribution in [-0.4, -0.2) is 20.1 Å². The number of amides is 1. The molecule has 0 bridgehead atoms. The minimum Gasteiger partial charge on any atom is -0.497 e. The third-order valence-corrected chi connectivity index (χ3v) is 4.24. The number of fused-ring (bicyclic) bond motifs is 1. The monoisotopic (exact) mass is 273 g/mol. The number of unbranched alkanes of at least 4 members (excludes halogenated alkanes) is 1. The van der Waals surface area contributed by atoms with E-state index in [0.717, 1.165) is 36.3 Å². The normalized spacial score (nSPS) is 20.9. The number of carbonyl (C=O) groups excluding carboxylic acids is 1. The van der Waals surface area contributed by atoms with Crippen molar-refractivity contribution in [2.45, 2.75) is 38.0 Å². The van der Waals surface area contributed by atoms with Crippen molar-refractivity contribution in [1.29, 1.82) is 0 Å². The molecule has 1 aliphatic heterocycles. The highest BCUT2D eigenvalue weighted by Gasteiger charge is 2.48. The molecule has 20 heavy (non-hydrogen) atoms. The van der Waals surface area contributed by atoms with Crippen LogP contribution in [0, 0.1) is 0 Å². The van der Waals surface area contributed by atoms with Gasteiger partial charge in [0.15, 0.2) is 0 Å². The molecule has 1 amide bonds. The van der Waals surface area contributed by atoms with Gasteiger partial charge in [0.05, 0.1) is 12.5 Å². The predicted octanol–water partition coefficient (Wildman–Crippen LogP) is 3.68. The summed E-state index contributed by atoms with van der Waals surface area (Å²) in [4.78, 5) is 14.6. The Bertz CT molecular complexity index is 524. The molecular formula is C17H23NO2. The van der Waals surface area contributed by atoms with Crippen LogP contribution in [0.4, 0.5) is 5.69 Å². The summed E-state index contributed by atoms with van der Waals surface area (Å²) in [7, 11) is 3.51. The van der Waals surface area contributed by atoms with Gasteiger partial charge in [-0.2, -0.15) is 0 Å². The molecule has 0 spiro atoms. The Kier molecular flexibility index (Phi) is 4.17. The van der Waals surface area contributed by atoms with Crippen molar-refractivity contribution < 1.29 is 9.53 Å². The second-order valence-corrected chi connectivity index (χ2v) is 5.43. The SMILES string of the molecule is C=CCC1(CCCC)C(=O)N(C)c2ccc(OC)cc21. The molecule has 0 saturated carbocycles. The molecule has 2 rings (SSSR count). The van der Waals surface area contributed by atoms with Gasteiger partial charge in [0.1, 0.15) is 5.75 Å². The minimum atomic E-state index is -0.462. The highest BCUT2D eigenvalue weighted by atomic mass is 16.5. The lowest BCUT2D eigenvalue weighted by Crippen LogP contribution is -2.38. The maximum absolute atomic E-state index is 12.8. The Morgan fingerprint density at radius 1 is 1.45 bits per heavy atom. The highest BCUT2D eigenvalue weighted by Crippen LogP contribution is 2.47. The first-order valence-electron chi connectivity index (χ1n) is 7.18. The fourth-order valence-corrected chi connectivity index (χ4v) is 3.13. The Morgan fingerprint density at radius 3 is 2.80 bits per heavy atom. The minimum absolute atomic E-state index is 0.175. The standard InChI is InChI=1S/C17H23NO2/c1-5-7-11-17(10-6-2)14-12-13(20-4)8-9-15(14)18(3)16(17)19/h6,8-9,12H,2,5,7,10-11H2,1,3-4H3. The van der Waals surface area contributed by atoms with Gasteiger partial charge < -0.3 is 9.64 Å². The van der Waals surface area contributed by atoms with Crippen LogP contribution in [0.15, 0.2) is 30.9 Å². The Balaban J connectivity index is 2.56. The number of rotatable bonds is 6. The zero-order valence-corrected chi connectivity index (χ0v) is 12.6. The summed E-state index contributed by atoms with van der Waals surface area (Å²) in [5.41, 5.74) is 1.61. The van der Waals surface area contributed by atoms with Crippen LogP contribution in [0.1, 0.15) is 38.2 Å². The maximum Gasteiger partial charge on any atom is 0.237 e. The first kappa shape index (κ1) is 14.6. The fourth-order valence-electron chi connectivity index (χ4n) is 3.13. The molecule has 1 aliphatic rings. The van der Waals surface area contributed by atoms with E-state index in [1.807, 2.05) is 31.3 Å². The van der Waals surface area contributed by atoms with Crippen molar-refractivity contribution in [2.75, 3.05) is 19.1 Å². The largest absolute Gasteiger partial charge is 0.497 e. The van der Waals surface area contributed by atoms with Crippen molar-refractivity contribution in [3.8, 4) is 5.75 Å². The van der Waals surface area contributed by atoms with E-state index in [4.69, 9.17) is 4.74 Å². The Morgan fingerprint density at radius 2 is 2.20 bits per heavy atom. The van der Waals surface area contributed by atoms with Crippen molar-refractivity contribution in [2.24, 2.45) is 0 Å². The summed E-state index contributed by atoms with van der Waals surface area (Å²) in [6.45, 7) is 6.00. The van der Waals surface area contributed by atoms with Crippen molar-refractivity contribution in [1.82, 2.24) is 0 Å². The number of hydrogen-bond acceptors (Lipinski definition) is 2. The molecule has 1 atom stereocenters. The number of nitrogens with zero attached hydrogens (tertiary/aromatic N) is 1. The third-order valence-electron chi connectivity index (χ3n) is 4.24. The topological polar surface area (TPSA) is 29.5 Å². The number of allylic oxidation sites excluding steroid dienone is 1. The molecule has 1 aromatic rings. The highest BCUT2D eigenvalue weighted by molar-refractivity contribution is 6.08. The molecule has 0 fully saturated rings. The molecule has 0 N–H and O–H groups in total. The summed E-state index contributed by atoms with van der Waals surface area (Å²) in [5.74, 6) is 0.978. The van der Waals surface area contributed by atoms with E-state index < -0.39 is 5.41 Å². The third kappa shape index (κ3) is 2.11. The predicted molar refractivity (Wildman–Crippen MR) is 82.4 cm³/mol. The summed E-state index contributed by atoms with van der Waals surface area (Å²) in [6.07, 6.45) is 5.50. The van der Waals surface area contributed by atoms with Crippen LogP contribution in [0.2, 0.25) is 0 Å². The van der Waals surface area contributed by atoms with Gasteiger partial charge in [-0.05, 0) is 36.6 Å². The summed E-state index contributed by atoms with van der Waals surface area (Å²) in [5, 5.41) is 0. The quantitative estimate of drug-likeness (QED) is 0.740. The molecule has 108 valence electrons. The molecule has 0 aromatic heterocycles. The molecule has 1 aromatic carbocycles. The zero-order chi connectivity index (χ0) is 14.8. The average molecular weight is 273 g/mol. The van der Waals surface area contributed by atoms with Crippen LogP contribution < -0.4 is 9.64 Å². The second-order valence-electron chi connectivity index (χ2n) is 5.43. The molecule has 0 saturated heterocycles. The van der Waals surface area contributed by atoms with Crippen LogP contribution in [0.5, 0.6) is 5.75 Å². The van der Waals surface area contributed by atoms with Gasteiger partial charge >= 0.3 is 0 Å². The van der Waals surface area contributed by atoms with Gasteiger partial charge in [0.2, 0.25) is 5.91 Å². The van der Waals surface area contributed by atoms with Gasteiger partial charge in [0.25, 0.3) is 0 Å². The van der Waals surface area contributed by atoms with Gasteiger partial charge in [-0.25, -0.2) is 0 Å². The van der Waals surface area contributed by atoms with Crippen LogP contribution in [0.25, 0.3) is 0 Å². The number of methoxy groups -OCH3 is 1. The van der Waals surface area contributed by atoms with E-state index in [2.05, 4.69) is 13.5 Å². The number of ether oxygens (including phenoxy) is 1. The summed E-state index contributed by atoms with van der Waals surface area (Å²) < 4.78 is 5.33. The van der Waals surface area contributed by atoms with Crippen LogP contribution in [0.3, 0.4) is 0 Å². The first-order chi connectivity index (χ1) is 9.60. The van der Waals surface area contributed by atoms with Gasteiger partial charge in [-0.1, -0.05) is 25.8 Å². The van der Waals surface area contributed by atoms with Gasteiger partial charge in [-0.15, -0.1) is 6.58 Å². The van der Waals surface area contributed by atoms with Gasteiger partial charge in [0, 0.05) is 12.7 Å². The van der Waals surface area contributed by atoms with Crippen molar-refractivity contribution in [3.05, 3.63) is 36.4 Å². The Labute approximate surface area is 121 Å². The van der Waals surface area contributed by atoms with E-state index in [1.54, 1.807) is 12.0 Å². The number of likely N-dealkylation sites (N-methyl/N-ethyl adjacent to an activating group) is 1. The fraction of sp³-hybridized carbons (Fsp3) is 0.471. The molecule has 0 aliphatic carbocycles. The maximum atomic E-state index is 12.8. The lowest BCUT2D eigenvalue weighted by atomic mass is 9.74. The lowest BCUT2D eigenvalue weighted by Gasteiger charge is -2.27. The summed E-state index contributed by atoms with van der Waals surface area (Å²) in [6, 6.07) is 5.89. The Hall–Kier alpha value is -1.77. The second kappa shape index (κ2) is 5.70. The van der Waals surface area contributed by atoms with E-state index in [0.29, 0.717) is 6.42 Å². The molecule has 3 heteroatoms. The molecular weight excluding hydrogens is 250 g/mol. The van der Waals surface area contributed by atoms with Crippen molar-refractivity contribution in [3.63, 3.8) is 0 Å². The van der Waals surface area contributed by atoms with E-state index >= 15 is 0 Å². The first-order valence-corrected chi connectivity index (χ1v) is 7.18. The van der Waals surface area contributed by atoms with Crippen molar-refractivity contribution >= 4 is 11.6 Å². The number of carbonyl (C=O) groups is 1. The molecule has 1 unspecified atom stereocenters.